The van der Waals surface area contributed by atoms with Gasteiger partial charge in [-0.05, 0) is 63.2 Å². The number of aryl methyl sites for hydroxylation is 1. The fraction of sp³-hybridized carbons (Fsp3) is 0.391. The third kappa shape index (κ3) is 3.50. The summed E-state index contributed by atoms with van der Waals surface area (Å²) in [6.07, 6.45) is 3.34. The molecule has 1 aliphatic rings. The van der Waals surface area contributed by atoms with Crippen LogP contribution in [0.4, 0.5) is 0 Å². The fourth-order valence-electron chi connectivity index (χ4n) is 4.34. The first-order valence-electron chi connectivity index (χ1n) is 10.6. The average Bonchev–Trinajstić information content (AvgIpc) is 3.13. The number of oxazole rings is 1. The van der Waals surface area contributed by atoms with Gasteiger partial charge in [0.25, 0.3) is 5.56 Å². The number of benzene rings is 1. The Morgan fingerprint density at radius 1 is 1.10 bits per heavy atom. The van der Waals surface area contributed by atoms with Crippen LogP contribution in [-0.4, -0.2) is 44.1 Å². The van der Waals surface area contributed by atoms with Gasteiger partial charge in [-0.25, -0.2) is 9.97 Å². The van der Waals surface area contributed by atoms with Gasteiger partial charge in [0.2, 0.25) is 0 Å². The number of fused-ring (bicyclic) bond motifs is 2. The van der Waals surface area contributed by atoms with E-state index in [2.05, 4.69) is 26.9 Å². The molecule has 1 aromatic carbocycles. The van der Waals surface area contributed by atoms with Gasteiger partial charge in [-0.2, -0.15) is 9.61 Å². The molecule has 7 heteroatoms. The number of rotatable bonds is 4. The van der Waals surface area contributed by atoms with E-state index in [1.807, 2.05) is 37.3 Å². The highest BCUT2D eigenvalue weighted by atomic mass is 16.3. The first-order chi connectivity index (χ1) is 14.6. The average molecular weight is 403 g/mol. The second-order valence-electron chi connectivity index (χ2n) is 8.04. The van der Waals surface area contributed by atoms with Crippen LogP contribution >= 0.6 is 0 Å². The third-order valence-electron chi connectivity index (χ3n) is 5.88. The molecule has 4 heterocycles. The molecule has 154 valence electrons. The maximum absolute atomic E-state index is 12.8. The summed E-state index contributed by atoms with van der Waals surface area (Å²) < 4.78 is 7.04. The van der Waals surface area contributed by atoms with Crippen molar-refractivity contribution < 1.29 is 4.42 Å². The van der Waals surface area contributed by atoms with Crippen LogP contribution in [0.2, 0.25) is 0 Å². The van der Waals surface area contributed by atoms with Crippen molar-refractivity contribution in [1.29, 1.82) is 0 Å². The Kier molecular flexibility index (Phi) is 4.83. The largest absolute Gasteiger partial charge is 0.441 e. The van der Waals surface area contributed by atoms with E-state index in [0.29, 0.717) is 28.7 Å². The topological polar surface area (TPSA) is 76.5 Å². The van der Waals surface area contributed by atoms with Crippen molar-refractivity contribution in [3.63, 3.8) is 0 Å². The lowest BCUT2D eigenvalue weighted by molar-refractivity contribution is 0.211. The van der Waals surface area contributed by atoms with E-state index < -0.39 is 0 Å². The minimum Gasteiger partial charge on any atom is -0.441 e. The maximum atomic E-state index is 12.8. The van der Waals surface area contributed by atoms with Crippen LogP contribution in [0.1, 0.15) is 43.7 Å². The zero-order valence-electron chi connectivity index (χ0n) is 17.3. The highest BCUT2D eigenvalue weighted by Gasteiger charge is 2.22. The second kappa shape index (κ2) is 7.65. The lowest BCUT2D eigenvalue weighted by Gasteiger charge is -2.31. The highest BCUT2D eigenvalue weighted by Crippen LogP contribution is 2.27. The van der Waals surface area contributed by atoms with Crippen LogP contribution in [-0.2, 0) is 0 Å². The summed E-state index contributed by atoms with van der Waals surface area (Å²) in [5.74, 6) is 1.01. The van der Waals surface area contributed by atoms with E-state index in [1.54, 1.807) is 0 Å². The number of hydrogen-bond acceptors (Lipinski definition) is 6. The Balaban J connectivity index is 1.46. The number of hydrogen-bond donors (Lipinski definition) is 0. The van der Waals surface area contributed by atoms with Gasteiger partial charge in [0.15, 0.2) is 17.1 Å². The zero-order valence-corrected chi connectivity index (χ0v) is 17.3. The molecule has 0 N–H and O–H groups in total. The summed E-state index contributed by atoms with van der Waals surface area (Å²) in [6, 6.07) is 11.1. The van der Waals surface area contributed by atoms with Crippen LogP contribution in [0.5, 0.6) is 0 Å². The molecule has 0 radical (unpaired) electrons. The summed E-state index contributed by atoms with van der Waals surface area (Å²) >= 11 is 0. The van der Waals surface area contributed by atoms with Crippen LogP contribution in [0.25, 0.3) is 28.0 Å². The normalized spacial score (nSPS) is 15.9. The van der Waals surface area contributed by atoms with Gasteiger partial charge < -0.3 is 9.32 Å². The fourth-order valence-corrected chi connectivity index (χ4v) is 4.34. The Hall–Kier alpha value is -3.06. The molecule has 3 aromatic heterocycles. The highest BCUT2D eigenvalue weighted by molar-refractivity contribution is 5.79. The molecule has 0 spiro atoms. The van der Waals surface area contributed by atoms with Gasteiger partial charge in [-0.1, -0.05) is 13.0 Å². The van der Waals surface area contributed by atoms with Gasteiger partial charge >= 0.3 is 0 Å². The summed E-state index contributed by atoms with van der Waals surface area (Å²) in [5, 5.41) is 4.65. The van der Waals surface area contributed by atoms with E-state index in [1.165, 1.54) is 17.0 Å². The van der Waals surface area contributed by atoms with Crippen molar-refractivity contribution in [2.45, 2.75) is 39.0 Å². The summed E-state index contributed by atoms with van der Waals surface area (Å²) in [7, 11) is 0. The van der Waals surface area contributed by atoms with E-state index >= 15 is 0 Å². The van der Waals surface area contributed by atoms with Crippen molar-refractivity contribution >= 4 is 16.7 Å². The molecular formula is C23H25N5O2. The van der Waals surface area contributed by atoms with Gasteiger partial charge in [-0.3, -0.25) is 4.79 Å². The first kappa shape index (κ1) is 18.9. The number of likely N-dealkylation sites (tertiary alicyclic amines) is 1. The quantitative estimate of drug-likeness (QED) is 0.516. The monoisotopic (exact) mass is 403 g/mol. The minimum atomic E-state index is -0.172. The van der Waals surface area contributed by atoms with E-state index in [0.717, 1.165) is 49.2 Å². The van der Waals surface area contributed by atoms with Crippen molar-refractivity contribution in [2.24, 2.45) is 0 Å². The molecule has 30 heavy (non-hydrogen) atoms. The number of nitrogens with zero attached hydrogens (tertiary/aromatic N) is 5. The summed E-state index contributed by atoms with van der Waals surface area (Å²) in [6.45, 7) is 7.37. The van der Waals surface area contributed by atoms with Crippen LogP contribution in [0.3, 0.4) is 0 Å². The number of piperidine rings is 1. The van der Waals surface area contributed by atoms with Crippen LogP contribution < -0.4 is 5.56 Å². The molecule has 4 aromatic rings. The summed E-state index contributed by atoms with van der Waals surface area (Å²) in [5.41, 5.74) is 4.28. The smallest absolute Gasteiger partial charge is 0.275 e. The van der Waals surface area contributed by atoms with Crippen LogP contribution in [0.15, 0.2) is 45.6 Å². The van der Waals surface area contributed by atoms with Crippen LogP contribution in [0, 0.1) is 6.92 Å². The molecule has 0 unspecified atom stereocenters. The van der Waals surface area contributed by atoms with E-state index in [9.17, 15) is 4.79 Å². The lowest BCUT2D eigenvalue weighted by Crippen LogP contribution is -2.34. The number of aromatic nitrogens is 4. The van der Waals surface area contributed by atoms with Gasteiger partial charge in [-0.15, -0.1) is 0 Å². The Bertz CT molecular complexity index is 1270. The van der Waals surface area contributed by atoms with Crippen molar-refractivity contribution in [2.75, 3.05) is 19.6 Å². The molecule has 1 aliphatic heterocycles. The molecule has 0 bridgehead atoms. The molecule has 0 saturated carbocycles. The summed E-state index contributed by atoms with van der Waals surface area (Å²) in [4.78, 5) is 24.3. The molecule has 0 aliphatic carbocycles. The van der Waals surface area contributed by atoms with Crippen molar-refractivity contribution in [3.05, 3.63) is 58.3 Å². The Morgan fingerprint density at radius 2 is 1.93 bits per heavy atom. The molecule has 5 rings (SSSR count). The molecule has 0 amide bonds. The molecular weight excluding hydrogens is 378 g/mol. The molecule has 1 fully saturated rings. The molecule has 1 saturated heterocycles. The maximum Gasteiger partial charge on any atom is 0.275 e. The Morgan fingerprint density at radius 3 is 2.73 bits per heavy atom. The minimum absolute atomic E-state index is 0.172. The zero-order chi connectivity index (χ0) is 20.7. The lowest BCUT2D eigenvalue weighted by atomic mass is 9.93. The van der Waals surface area contributed by atoms with Gasteiger partial charge in [0, 0.05) is 24.5 Å². The van der Waals surface area contributed by atoms with Gasteiger partial charge in [0.05, 0.1) is 11.4 Å². The van der Waals surface area contributed by atoms with E-state index in [4.69, 9.17) is 4.42 Å². The van der Waals surface area contributed by atoms with E-state index in [-0.39, 0.29) is 5.56 Å². The first-order valence-corrected chi connectivity index (χ1v) is 10.6. The predicted octanol–water partition coefficient (Wildman–Crippen LogP) is 3.80. The van der Waals surface area contributed by atoms with Crippen molar-refractivity contribution in [3.8, 4) is 11.3 Å². The Labute approximate surface area is 174 Å². The van der Waals surface area contributed by atoms with Crippen molar-refractivity contribution in [1.82, 2.24) is 24.5 Å². The standard InChI is InChI=1S/C23H25N5O2/c1-3-10-27-11-8-16(9-12-27)18-6-7-22-25-20(14-23(29)28(22)26-18)17-4-5-19-21(13-17)30-15(2)24-19/h4-7,13-14,16H,3,8-12H2,1-2H3. The molecule has 7 nitrogen and oxygen atoms in total. The molecule has 0 atom stereocenters. The second-order valence-corrected chi connectivity index (χ2v) is 8.04. The SMILES string of the molecule is CCCN1CCC(c2ccc3nc(-c4ccc5nc(C)oc5c4)cc(=O)n3n2)CC1. The predicted molar refractivity (Wildman–Crippen MR) is 116 cm³/mol. The third-order valence-corrected chi connectivity index (χ3v) is 5.88. The van der Waals surface area contributed by atoms with Gasteiger partial charge in [0.1, 0.15) is 5.52 Å².